The van der Waals surface area contributed by atoms with Gasteiger partial charge in [-0.1, -0.05) is 6.07 Å². The Hall–Kier alpha value is -3.40. The zero-order valence-electron chi connectivity index (χ0n) is 23.1. The van der Waals surface area contributed by atoms with Crippen LogP contribution in [-0.4, -0.2) is 69.2 Å². The van der Waals surface area contributed by atoms with Crippen molar-refractivity contribution in [3.8, 4) is 28.4 Å². The highest BCUT2D eigenvalue weighted by atomic mass is 32.2. The average molecular weight is 556 g/mol. The Balaban J connectivity index is 1.68. The number of thioether (sulfide) groups is 1. The van der Waals surface area contributed by atoms with Crippen molar-refractivity contribution in [3.05, 3.63) is 45.6 Å². The molecular formula is C29H37N3O6S. The Morgan fingerprint density at radius 1 is 1.05 bits per heavy atom. The predicted octanol–water partition coefficient (Wildman–Crippen LogP) is 3.63. The van der Waals surface area contributed by atoms with Crippen LogP contribution in [0.2, 0.25) is 0 Å². The number of amides is 2. The van der Waals surface area contributed by atoms with Crippen molar-refractivity contribution in [2.24, 2.45) is 0 Å². The van der Waals surface area contributed by atoms with E-state index in [1.165, 1.54) is 6.92 Å². The molecule has 1 aliphatic carbocycles. The molecule has 2 N–H and O–H groups in total. The van der Waals surface area contributed by atoms with Gasteiger partial charge in [0.25, 0.3) is 0 Å². The van der Waals surface area contributed by atoms with E-state index in [9.17, 15) is 14.4 Å². The smallest absolute Gasteiger partial charge is 0.222 e. The van der Waals surface area contributed by atoms with E-state index in [0.717, 1.165) is 41.3 Å². The molecule has 0 aromatic heterocycles. The summed E-state index contributed by atoms with van der Waals surface area (Å²) in [7, 11) is 4.71. The van der Waals surface area contributed by atoms with E-state index in [1.54, 1.807) is 33.5 Å². The molecule has 1 fully saturated rings. The number of carbonyl (C=O) groups is 2. The van der Waals surface area contributed by atoms with Gasteiger partial charge in [-0.05, 0) is 54.2 Å². The first-order chi connectivity index (χ1) is 18.9. The van der Waals surface area contributed by atoms with Crippen LogP contribution in [-0.2, 0) is 16.0 Å². The molecular weight excluding hydrogens is 518 g/mol. The third kappa shape index (κ3) is 6.43. The summed E-state index contributed by atoms with van der Waals surface area (Å²) < 4.78 is 17.0. The van der Waals surface area contributed by atoms with E-state index in [2.05, 4.69) is 10.6 Å². The van der Waals surface area contributed by atoms with Gasteiger partial charge < -0.3 is 29.7 Å². The molecule has 0 bridgehead atoms. The van der Waals surface area contributed by atoms with Gasteiger partial charge in [-0.25, -0.2) is 0 Å². The lowest BCUT2D eigenvalue weighted by molar-refractivity contribution is -0.130. The number of aryl methyl sites for hydroxylation is 1. The lowest BCUT2D eigenvalue weighted by Crippen LogP contribution is -2.37. The zero-order valence-corrected chi connectivity index (χ0v) is 23.9. The van der Waals surface area contributed by atoms with Crippen molar-refractivity contribution in [2.45, 2.75) is 38.6 Å². The molecule has 4 rings (SSSR count). The summed E-state index contributed by atoms with van der Waals surface area (Å²) in [6.45, 7) is 3.58. The monoisotopic (exact) mass is 555 g/mol. The fraction of sp³-hybridized carbons (Fsp3) is 0.483. The molecule has 0 saturated carbocycles. The summed E-state index contributed by atoms with van der Waals surface area (Å²) in [5.74, 6) is 3.50. The van der Waals surface area contributed by atoms with Gasteiger partial charge in [0.2, 0.25) is 23.0 Å². The summed E-state index contributed by atoms with van der Waals surface area (Å²) in [6, 6.07) is 6.82. The van der Waals surface area contributed by atoms with E-state index in [4.69, 9.17) is 14.2 Å². The Kier molecular flexibility index (Phi) is 9.61. The largest absolute Gasteiger partial charge is 0.493 e. The van der Waals surface area contributed by atoms with Gasteiger partial charge in [-0.3, -0.25) is 14.4 Å². The van der Waals surface area contributed by atoms with Crippen LogP contribution < -0.4 is 30.3 Å². The average Bonchev–Trinajstić information content (AvgIpc) is 3.18. The fourth-order valence-corrected chi connectivity index (χ4v) is 6.19. The summed E-state index contributed by atoms with van der Waals surface area (Å²) in [6.07, 6.45) is 2.31. The quantitative estimate of drug-likeness (QED) is 0.452. The van der Waals surface area contributed by atoms with Gasteiger partial charge in [-0.2, -0.15) is 11.8 Å². The Bertz CT molecular complexity index is 1280. The van der Waals surface area contributed by atoms with Crippen molar-refractivity contribution in [1.82, 2.24) is 10.2 Å². The van der Waals surface area contributed by atoms with Crippen LogP contribution in [0.4, 0.5) is 5.69 Å². The normalized spacial score (nSPS) is 16.3. The molecule has 1 atom stereocenters. The first-order valence-electron chi connectivity index (χ1n) is 13.2. The number of nitrogens with zero attached hydrogens (tertiary/aromatic N) is 1. The highest BCUT2D eigenvalue weighted by Crippen LogP contribution is 2.50. The van der Waals surface area contributed by atoms with Crippen molar-refractivity contribution >= 4 is 29.3 Å². The standard InChI is InChI=1S/C29H37N3O6S/c1-18(33)31-22-9-7-19-16-25(36-2)28(37-3)29(38-4)27(19)20-8-10-23(24(34)17-21(20)22)30-11-5-6-26(35)32-12-14-39-15-13-32/h8,10,16-17,22H,5-7,9,11-15H2,1-4H3,(H,30,34)(H,31,33)/t22-/m0/s1. The molecule has 2 amide bonds. The number of carbonyl (C=O) groups excluding carboxylic acids is 2. The summed E-state index contributed by atoms with van der Waals surface area (Å²) in [5, 5.41) is 6.25. The zero-order chi connectivity index (χ0) is 27.9. The maximum absolute atomic E-state index is 13.4. The maximum Gasteiger partial charge on any atom is 0.222 e. The predicted molar refractivity (Wildman–Crippen MR) is 154 cm³/mol. The Labute approximate surface area is 233 Å². The molecule has 0 unspecified atom stereocenters. The highest BCUT2D eigenvalue weighted by molar-refractivity contribution is 7.99. The number of hydrogen-bond acceptors (Lipinski definition) is 8. The number of fused-ring (bicyclic) bond motifs is 3. The second kappa shape index (κ2) is 13.1. The van der Waals surface area contributed by atoms with E-state index in [1.807, 2.05) is 28.8 Å². The second-order valence-corrected chi connectivity index (χ2v) is 10.8. The van der Waals surface area contributed by atoms with Gasteiger partial charge in [0.05, 0.1) is 33.1 Å². The first kappa shape index (κ1) is 28.6. The van der Waals surface area contributed by atoms with Crippen LogP contribution >= 0.6 is 11.8 Å². The van der Waals surface area contributed by atoms with Gasteiger partial charge in [-0.15, -0.1) is 0 Å². The summed E-state index contributed by atoms with van der Waals surface area (Å²) >= 11 is 1.87. The number of anilines is 1. The number of benzene rings is 1. The Morgan fingerprint density at radius 3 is 2.46 bits per heavy atom. The minimum absolute atomic E-state index is 0.163. The first-order valence-corrected chi connectivity index (χ1v) is 14.4. The van der Waals surface area contributed by atoms with Crippen LogP contribution in [0.1, 0.15) is 43.4 Å². The third-order valence-corrected chi connectivity index (χ3v) is 8.11. The molecule has 1 aliphatic heterocycles. The molecule has 9 nitrogen and oxygen atoms in total. The van der Waals surface area contributed by atoms with Crippen LogP contribution in [0.5, 0.6) is 17.2 Å². The molecule has 2 aromatic carbocycles. The highest BCUT2D eigenvalue weighted by Gasteiger charge is 2.29. The van der Waals surface area contributed by atoms with Crippen LogP contribution in [0.3, 0.4) is 0 Å². The van der Waals surface area contributed by atoms with Crippen molar-refractivity contribution in [3.63, 3.8) is 0 Å². The maximum atomic E-state index is 13.4. The third-order valence-electron chi connectivity index (χ3n) is 7.16. The molecule has 1 heterocycles. The Morgan fingerprint density at radius 2 is 1.79 bits per heavy atom. The van der Waals surface area contributed by atoms with E-state index in [0.29, 0.717) is 60.7 Å². The SMILES string of the molecule is COc1cc2c(c(OC)c1OC)-c1ccc(NCCCC(=O)N3CCSCC3)c(=O)cc1[C@@H](NC(C)=O)CC2. The van der Waals surface area contributed by atoms with Crippen molar-refractivity contribution in [2.75, 3.05) is 57.8 Å². The van der Waals surface area contributed by atoms with Gasteiger partial charge in [0.1, 0.15) is 0 Å². The van der Waals surface area contributed by atoms with Gasteiger partial charge in [0.15, 0.2) is 11.5 Å². The topological polar surface area (TPSA) is 106 Å². The molecule has 0 spiro atoms. The van der Waals surface area contributed by atoms with Gasteiger partial charge >= 0.3 is 0 Å². The number of nitrogens with one attached hydrogen (secondary N) is 2. The number of hydrogen-bond donors (Lipinski definition) is 2. The minimum atomic E-state index is -0.361. The molecule has 2 aromatic rings. The molecule has 1 saturated heterocycles. The number of ether oxygens (including phenoxy) is 3. The molecule has 39 heavy (non-hydrogen) atoms. The van der Waals surface area contributed by atoms with Crippen molar-refractivity contribution < 1.29 is 23.8 Å². The summed E-state index contributed by atoms with van der Waals surface area (Å²) in [4.78, 5) is 39.9. The van der Waals surface area contributed by atoms with E-state index >= 15 is 0 Å². The fourth-order valence-electron chi connectivity index (χ4n) is 5.29. The lowest BCUT2D eigenvalue weighted by Gasteiger charge is -2.26. The molecule has 210 valence electrons. The molecule has 10 heteroatoms. The van der Waals surface area contributed by atoms with Crippen LogP contribution in [0.25, 0.3) is 11.1 Å². The van der Waals surface area contributed by atoms with Crippen LogP contribution in [0.15, 0.2) is 29.1 Å². The second-order valence-electron chi connectivity index (χ2n) is 9.62. The van der Waals surface area contributed by atoms with E-state index in [-0.39, 0.29) is 23.3 Å². The van der Waals surface area contributed by atoms with Gasteiger partial charge in [0, 0.05) is 50.0 Å². The molecule has 2 aliphatic rings. The number of methoxy groups -OCH3 is 3. The lowest BCUT2D eigenvalue weighted by atomic mass is 9.95. The van der Waals surface area contributed by atoms with Crippen molar-refractivity contribution in [1.29, 1.82) is 0 Å². The molecule has 0 radical (unpaired) electrons. The van der Waals surface area contributed by atoms with Crippen LogP contribution in [0, 0.1) is 0 Å². The minimum Gasteiger partial charge on any atom is -0.493 e. The summed E-state index contributed by atoms with van der Waals surface area (Å²) in [5.41, 5.74) is 3.53. The number of rotatable bonds is 9. The van der Waals surface area contributed by atoms with E-state index < -0.39 is 0 Å².